The van der Waals surface area contributed by atoms with E-state index in [0.717, 1.165) is 32.4 Å². The van der Waals surface area contributed by atoms with Crippen LogP contribution < -0.4 is 5.73 Å². The Labute approximate surface area is 108 Å². The van der Waals surface area contributed by atoms with E-state index in [1.807, 2.05) is 4.90 Å². The Kier molecular flexibility index (Phi) is 3.32. The third-order valence-corrected chi connectivity index (χ3v) is 4.44. The van der Waals surface area contributed by atoms with Crippen molar-refractivity contribution in [3.05, 3.63) is 11.8 Å². The number of nitrogens with two attached hydrogens (primary N) is 1. The van der Waals surface area contributed by atoms with Crippen LogP contribution in [0.3, 0.4) is 0 Å². The van der Waals surface area contributed by atoms with Gasteiger partial charge in [-0.05, 0) is 24.7 Å². The summed E-state index contributed by atoms with van der Waals surface area (Å²) in [6.07, 6.45) is 4.90. The third-order valence-electron chi connectivity index (χ3n) is 4.44. The highest BCUT2D eigenvalue weighted by Gasteiger charge is 2.37. The van der Waals surface area contributed by atoms with Gasteiger partial charge in [-0.25, -0.2) is 0 Å². The lowest BCUT2D eigenvalue weighted by molar-refractivity contribution is 0.0771. The van der Waals surface area contributed by atoms with Crippen molar-refractivity contribution < 1.29 is 4.79 Å². The molecule has 5 heteroatoms. The number of rotatable bonds is 3. The Morgan fingerprint density at radius 3 is 2.61 bits per heavy atom. The number of hydrogen-bond acceptors (Lipinski definition) is 3. The van der Waals surface area contributed by atoms with Crippen molar-refractivity contribution >= 4 is 11.7 Å². The molecule has 1 aromatic rings. The number of carbonyl (C=O) groups is 1. The third kappa shape index (κ3) is 1.98. The number of nitrogen functional groups attached to an aromatic ring is 1. The summed E-state index contributed by atoms with van der Waals surface area (Å²) in [7, 11) is 1.75. The van der Waals surface area contributed by atoms with Gasteiger partial charge in [0.25, 0.3) is 5.91 Å². The first kappa shape index (κ1) is 12.9. The Balaban J connectivity index is 2.15. The molecule has 2 rings (SSSR count). The van der Waals surface area contributed by atoms with E-state index in [1.165, 1.54) is 4.68 Å². The molecule has 1 aliphatic heterocycles. The van der Waals surface area contributed by atoms with Crippen molar-refractivity contribution in [3.8, 4) is 0 Å². The first-order valence-corrected chi connectivity index (χ1v) is 6.59. The van der Waals surface area contributed by atoms with Crippen molar-refractivity contribution in [1.82, 2.24) is 14.7 Å². The maximum atomic E-state index is 12.4. The Morgan fingerprint density at radius 2 is 2.17 bits per heavy atom. The SMILES string of the molecule is CCC1(CC)CCN(C(=O)c2cnn(C)c2N)C1. The summed E-state index contributed by atoms with van der Waals surface area (Å²) < 4.78 is 1.54. The van der Waals surface area contributed by atoms with E-state index in [4.69, 9.17) is 5.73 Å². The summed E-state index contributed by atoms with van der Waals surface area (Å²) in [6.45, 7) is 6.08. The monoisotopic (exact) mass is 250 g/mol. The van der Waals surface area contributed by atoms with Crippen LogP contribution in [0.25, 0.3) is 0 Å². The first-order valence-electron chi connectivity index (χ1n) is 6.59. The lowest BCUT2D eigenvalue weighted by atomic mass is 9.82. The molecule has 100 valence electrons. The zero-order valence-corrected chi connectivity index (χ0v) is 11.4. The number of aryl methyl sites for hydroxylation is 1. The summed E-state index contributed by atoms with van der Waals surface area (Å²) in [5.74, 6) is 0.467. The Hall–Kier alpha value is -1.52. The summed E-state index contributed by atoms with van der Waals surface area (Å²) in [5.41, 5.74) is 6.68. The number of nitrogens with zero attached hydrogens (tertiary/aromatic N) is 3. The molecule has 5 nitrogen and oxygen atoms in total. The van der Waals surface area contributed by atoms with E-state index >= 15 is 0 Å². The molecule has 1 aromatic heterocycles. The van der Waals surface area contributed by atoms with E-state index in [2.05, 4.69) is 18.9 Å². The fourth-order valence-electron chi connectivity index (χ4n) is 2.72. The molecule has 18 heavy (non-hydrogen) atoms. The minimum absolute atomic E-state index is 0.0179. The van der Waals surface area contributed by atoms with Gasteiger partial charge >= 0.3 is 0 Å². The van der Waals surface area contributed by atoms with E-state index in [0.29, 0.717) is 16.8 Å². The van der Waals surface area contributed by atoms with Gasteiger partial charge in [-0.1, -0.05) is 13.8 Å². The predicted molar refractivity (Wildman–Crippen MR) is 71.2 cm³/mol. The molecule has 1 amide bonds. The molecule has 1 fully saturated rings. The quantitative estimate of drug-likeness (QED) is 0.887. The maximum absolute atomic E-state index is 12.4. The van der Waals surface area contributed by atoms with Crippen LogP contribution in [0.5, 0.6) is 0 Å². The average molecular weight is 250 g/mol. The largest absolute Gasteiger partial charge is 0.383 e. The second-order valence-electron chi connectivity index (χ2n) is 5.25. The van der Waals surface area contributed by atoms with Gasteiger partial charge in [0.2, 0.25) is 0 Å². The molecule has 0 radical (unpaired) electrons. The van der Waals surface area contributed by atoms with E-state index in [-0.39, 0.29) is 5.91 Å². The van der Waals surface area contributed by atoms with E-state index < -0.39 is 0 Å². The lowest BCUT2D eigenvalue weighted by Crippen LogP contribution is -2.32. The fourth-order valence-corrected chi connectivity index (χ4v) is 2.72. The molecule has 2 N–H and O–H groups in total. The fraction of sp³-hybridized carbons (Fsp3) is 0.692. The Bertz CT molecular complexity index is 448. The highest BCUT2D eigenvalue weighted by Crippen LogP contribution is 2.37. The molecule has 0 saturated carbocycles. The average Bonchev–Trinajstić information content (AvgIpc) is 2.95. The van der Waals surface area contributed by atoms with Crippen molar-refractivity contribution in [2.75, 3.05) is 18.8 Å². The van der Waals surface area contributed by atoms with Crippen LogP contribution in [0.1, 0.15) is 43.5 Å². The van der Waals surface area contributed by atoms with Crippen LogP contribution in [-0.4, -0.2) is 33.7 Å². The van der Waals surface area contributed by atoms with Gasteiger partial charge in [0.1, 0.15) is 11.4 Å². The van der Waals surface area contributed by atoms with Crippen molar-refractivity contribution in [2.45, 2.75) is 33.1 Å². The highest BCUT2D eigenvalue weighted by atomic mass is 16.2. The van der Waals surface area contributed by atoms with Gasteiger partial charge in [-0.3, -0.25) is 9.48 Å². The summed E-state index contributed by atoms with van der Waals surface area (Å²) >= 11 is 0. The molecule has 1 saturated heterocycles. The summed E-state index contributed by atoms with van der Waals surface area (Å²) in [5, 5.41) is 4.03. The number of amides is 1. The second kappa shape index (κ2) is 4.63. The number of aromatic nitrogens is 2. The minimum Gasteiger partial charge on any atom is -0.383 e. The number of carbonyl (C=O) groups excluding carboxylic acids is 1. The normalized spacial score (nSPS) is 18.3. The molecule has 0 unspecified atom stereocenters. The molecular formula is C13H22N4O. The molecular weight excluding hydrogens is 228 g/mol. The molecule has 0 spiro atoms. The number of anilines is 1. The maximum Gasteiger partial charge on any atom is 0.259 e. The zero-order valence-electron chi connectivity index (χ0n) is 11.4. The van der Waals surface area contributed by atoms with Crippen molar-refractivity contribution in [2.24, 2.45) is 12.5 Å². The molecule has 2 heterocycles. The predicted octanol–water partition coefficient (Wildman–Crippen LogP) is 1.65. The van der Waals surface area contributed by atoms with E-state index in [1.54, 1.807) is 13.2 Å². The van der Waals surface area contributed by atoms with Crippen LogP contribution in [0, 0.1) is 5.41 Å². The molecule has 0 bridgehead atoms. The van der Waals surface area contributed by atoms with Gasteiger partial charge in [-0.2, -0.15) is 5.10 Å². The van der Waals surface area contributed by atoms with Crippen LogP contribution in [0.4, 0.5) is 5.82 Å². The number of likely N-dealkylation sites (tertiary alicyclic amines) is 1. The topological polar surface area (TPSA) is 64.2 Å². The van der Waals surface area contributed by atoms with Gasteiger partial charge in [0.15, 0.2) is 0 Å². The highest BCUT2D eigenvalue weighted by molar-refractivity contribution is 5.98. The van der Waals surface area contributed by atoms with Gasteiger partial charge < -0.3 is 10.6 Å². The summed E-state index contributed by atoms with van der Waals surface area (Å²) in [4.78, 5) is 14.3. The molecule has 0 atom stereocenters. The molecule has 0 aliphatic carbocycles. The van der Waals surface area contributed by atoms with Gasteiger partial charge in [-0.15, -0.1) is 0 Å². The van der Waals surface area contributed by atoms with Crippen LogP contribution in [0.15, 0.2) is 6.20 Å². The van der Waals surface area contributed by atoms with Crippen LogP contribution in [-0.2, 0) is 7.05 Å². The minimum atomic E-state index is 0.0179. The second-order valence-corrected chi connectivity index (χ2v) is 5.25. The Morgan fingerprint density at radius 1 is 1.50 bits per heavy atom. The van der Waals surface area contributed by atoms with Gasteiger partial charge in [0, 0.05) is 20.1 Å². The smallest absolute Gasteiger partial charge is 0.259 e. The lowest BCUT2D eigenvalue weighted by Gasteiger charge is -2.26. The van der Waals surface area contributed by atoms with Crippen LogP contribution >= 0.6 is 0 Å². The standard InChI is InChI=1S/C13H22N4O/c1-4-13(5-2)6-7-17(9-13)12(18)10-8-15-16(3)11(10)14/h8H,4-7,9,14H2,1-3H3. The van der Waals surface area contributed by atoms with Crippen molar-refractivity contribution in [3.63, 3.8) is 0 Å². The summed E-state index contributed by atoms with van der Waals surface area (Å²) in [6, 6.07) is 0. The molecule has 0 aromatic carbocycles. The van der Waals surface area contributed by atoms with Crippen molar-refractivity contribution in [1.29, 1.82) is 0 Å². The zero-order chi connectivity index (χ0) is 13.3. The van der Waals surface area contributed by atoms with E-state index in [9.17, 15) is 4.79 Å². The first-order chi connectivity index (χ1) is 8.53. The molecule has 1 aliphatic rings. The number of hydrogen-bond donors (Lipinski definition) is 1. The van der Waals surface area contributed by atoms with Gasteiger partial charge in [0.05, 0.1) is 6.20 Å². The van der Waals surface area contributed by atoms with Crippen LogP contribution in [0.2, 0.25) is 0 Å².